The maximum absolute atomic E-state index is 14.1. The Bertz CT molecular complexity index is 887. The molecule has 0 saturated carbocycles. The van der Waals surface area contributed by atoms with Crippen molar-refractivity contribution in [3.8, 4) is 17.2 Å². The molecule has 0 aliphatic heterocycles. The van der Waals surface area contributed by atoms with Crippen molar-refractivity contribution in [2.24, 2.45) is 11.7 Å². The van der Waals surface area contributed by atoms with E-state index in [4.69, 9.17) is 11.0 Å². The molecule has 0 saturated heterocycles. The second-order valence-corrected chi connectivity index (χ2v) is 7.45. The lowest BCUT2D eigenvalue weighted by Crippen LogP contribution is -2.51. The van der Waals surface area contributed by atoms with E-state index in [1.165, 1.54) is 48.5 Å². The fourth-order valence-electron chi connectivity index (χ4n) is 3.39. The highest BCUT2D eigenvalue weighted by atomic mass is 19.4. The van der Waals surface area contributed by atoms with Gasteiger partial charge in [0.2, 0.25) is 5.91 Å². The van der Waals surface area contributed by atoms with Crippen molar-refractivity contribution in [3.63, 3.8) is 0 Å². The number of nitrogens with two attached hydrogens (primary N) is 1. The zero-order chi connectivity index (χ0) is 22.5. The Kier molecular flexibility index (Phi) is 7.57. The number of primary amides is 1. The molecule has 0 radical (unpaired) electrons. The third kappa shape index (κ3) is 5.80. The molecule has 2 N–H and O–H groups in total. The number of alkyl halides is 3. The molecule has 0 bridgehead atoms. The monoisotopic (exact) mass is 421 g/mol. The van der Waals surface area contributed by atoms with Crippen LogP contribution in [-0.2, 0) is 4.79 Å². The second kappa shape index (κ2) is 9.72. The number of amides is 1. The molecule has 2 aromatic rings. The summed E-state index contributed by atoms with van der Waals surface area (Å²) in [4.78, 5) is 12.8. The van der Waals surface area contributed by atoms with Gasteiger partial charge in [-0.2, -0.15) is 18.4 Å². The molecule has 0 aliphatic carbocycles. The van der Waals surface area contributed by atoms with E-state index < -0.39 is 36.5 Å². The molecule has 0 fully saturated rings. The van der Waals surface area contributed by atoms with E-state index in [2.05, 4.69) is 0 Å². The van der Waals surface area contributed by atoms with Gasteiger partial charge in [0.05, 0.1) is 18.7 Å². The lowest BCUT2D eigenvalue weighted by atomic mass is 9.95. The normalized spacial score (nSPS) is 13.8. The summed E-state index contributed by atoms with van der Waals surface area (Å²) >= 11 is 0. The maximum atomic E-state index is 14.1. The van der Waals surface area contributed by atoms with E-state index in [0.717, 1.165) is 4.90 Å². The van der Waals surface area contributed by atoms with Gasteiger partial charge in [-0.05, 0) is 41.2 Å². The molecule has 2 rings (SSSR count). The van der Waals surface area contributed by atoms with Crippen LogP contribution in [0.4, 0.5) is 17.6 Å². The standard InChI is InChI=1S/C22H23F4N3O/c1-14(2)13-19(21(28)30)29(12-11-27)20(22(24,25)26)17-5-3-15(4-6-17)16-7-9-18(23)10-8-16/h3-10,14,19-20H,12-13H2,1-2H3,(H2,28,30)/t19-,20-/m0/s1. The predicted molar refractivity (Wildman–Crippen MR) is 105 cm³/mol. The number of hydrogen-bond donors (Lipinski definition) is 1. The molecule has 30 heavy (non-hydrogen) atoms. The van der Waals surface area contributed by atoms with Gasteiger partial charge < -0.3 is 5.73 Å². The van der Waals surface area contributed by atoms with Gasteiger partial charge in [0.1, 0.15) is 11.9 Å². The summed E-state index contributed by atoms with van der Waals surface area (Å²) < 4.78 is 55.3. The minimum atomic E-state index is -4.74. The van der Waals surface area contributed by atoms with Gasteiger partial charge in [-0.3, -0.25) is 9.69 Å². The summed E-state index contributed by atoms with van der Waals surface area (Å²) in [5, 5.41) is 9.14. The molecule has 4 nitrogen and oxygen atoms in total. The third-order valence-electron chi connectivity index (χ3n) is 4.72. The van der Waals surface area contributed by atoms with Gasteiger partial charge in [-0.25, -0.2) is 4.39 Å². The van der Waals surface area contributed by atoms with Crippen molar-refractivity contribution in [1.82, 2.24) is 4.90 Å². The zero-order valence-electron chi connectivity index (χ0n) is 16.7. The van der Waals surface area contributed by atoms with Crippen LogP contribution in [0.5, 0.6) is 0 Å². The minimum Gasteiger partial charge on any atom is -0.368 e. The van der Waals surface area contributed by atoms with Crippen molar-refractivity contribution in [2.45, 2.75) is 38.5 Å². The molecule has 0 heterocycles. The number of benzene rings is 2. The van der Waals surface area contributed by atoms with E-state index in [-0.39, 0.29) is 17.9 Å². The van der Waals surface area contributed by atoms with Crippen LogP contribution in [-0.4, -0.2) is 29.6 Å². The quantitative estimate of drug-likeness (QED) is 0.491. The molecular formula is C22H23F4N3O. The summed E-state index contributed by atoms with van der Waals surface area (Å²) in [5.74, 6) is -1.42. The van der Waals surface area contributed by atoms with Crippen LogP contribution >= 0.6 is 0 Å². The molecule has 160 valence electrons. The molecule has 8 heteroatoms. The van der Waals surface area contributed by atoms with Gasteiger partial charge in [-0.1, -0.05) is 50.2 Å². The summed E-state index contributed by atoms with van der Waals surface area (Å²) in [7, 11) is 0. The van der Waals surface area contributed by atoms with Crippen LogP contribution < -0.4 is 5.73 Å². The van der Waals surface area contributed by atoms with Crippen LogP contribution in [0.1, 0.15) is 31.9 Å². The van der Waals surface area contributed by atoms with Gasteiger partial charge in [0.25, 0.3) is 0 Å². The molecule has 0 aromatic heterocycles. The van der Waals surface area contributed by atoms with Crippen molar-refractivity contribution in [2.75, 3.05) is 6.54 Å². The van der Waals surface area contributed by atoms with Crippen LogP contribution in [0.2, 0.25) is 0 Å². The number of carbonyl (C=O) groups excluding carboxylic acids is 1. The minimum absolute atomic E-state index is 0.0945. The fourth-order valence-corrected chi connectivity index (χ4v) is 3.39. The van der Waals surface area contributed by atoms with Gasteiger partial charge >= 0.3 is 6.18 Å². The number of nitriles is 1. The molecule has 1 amide bonds. The average Bonchev–Trinajstić information content (AvgIpc) is 2.66. The number of rotatable bonds is 8. The Hall–Kier alpha value is -2.92. The van der Waals surface area contributed by atoms with Gasteiger partial charge in [-0.15, -0.1) is 0 Å². The summed E-state index contributed by atoms with van der Waals surface area (Å²) in [6.07, 6.45) is -4.64. The summed E-state index contributed by atoms with van der Waals surface area (Å²) in [6.45, 7) is 2.92. The van der Waals surface area contributed by atoms with Crippen LogP contribution in [0.3, 0.4) is 0 Å². The van der Waals surface area contributed by atoms with Gasteiger partial charge in [0.15, 0.2) is 0 Å². The maximum Gasteiger partial charge on any atom is 0.408 e. The lowest BCUT2D eigenvalue weighted by molar-refractivity contribution is -0.192. The smallest absolute Gasteiger partial charge is 0.368 e. The van der Waals surface area contributed by atoms with E-state index in [0.29, 0.717) is 11.1 Å². The Morgan fingerprint density at radius 2 is 1.57 bits per heavy atom. The average molecular weight is 421 g/mol. The molecule has 0 spiro atoms. The number of carbonyl (C=O) groups is 1. The largest absolute Gasteiger partial charge is 0.408 e. The summed E-state index contributed by atoms with van der Waals surface area (Å²) in [6, 6.07) is 9.48. The van der Waals surface area contributed by atoms with Crippen molar-refractivity contribution >= 4 is 5.91 Å². The Balaban J connectivity index is 2.48. The van der Waals surface area contributed by atoms with E-state index in [1.807, 2.05) is 0 Å². The lowest BCUT2D eigenvalue weighted by Gasteiger charge is -2.37. The first kappa shape index (κ1) is 23.4. The molecule has 2 aromatic carbocycles. The fraction of sp³-hybridized carbons (Fsp3) is 0.364. The molecule has 0 unspecified atom stereocenters. The SMILES string of the molecule is CC(C)C[C@@H](C(N)=O)N(CC#N)[C@@H](c1ccc(-c2ccc(F)cc2)cc1)C(F)(F)F. The highest BCUT2D eigenvalue weighted by Crippen LogP contribution is 2.40. The third-order valence-corrected chi connectivity index (χ3v) is 4.72. The second-order valence-electron chi connectivity index (χ2n) is 7.45. The first-order valence-corrected chi connectivity index (χ1v) is 9.39. The van der Waals surface area contributed by atoms with E-state index in [1.54, 1.807) is 19.9 Å². The summed E-state index contributed by atoms with van der Waals surface area (Å²) in [5.41, 5.74) is 6.55. The molecule has 2 atom stereocenters. The number of hydrogen-bond acceptors (Lipinski definition) is 3. The van der Waals surface area contributed by atoms with E-state index in [9.17, 15) is 22.4 Å². The van der Waals surface area contributed by atoms with Crippen LogP contribution in [0, 0.1) is 23.1 Å². The van der Waals surface area contributed by atoms with Crippen LogP contribution in [0.15, 0.2) is 48.5 Å². The Morgan fingerprint density at radius 3 is 1.97 bits per heavy atom. The van der Waals surface area contributed by atoms with Gasteiger partial charge in [0, 0.05) is 0 Å². The van der Waals surface area contributed by atoms with Crippen molar-refractivity contribution in [1.29, 1.82) is 5.26 Å². The highest BCUT2D eigenvalue weighted by Gasteiger charge is 2.47. The van der Waals surface area contributed by atoms with Crippen molar-refractivity contribution < 1.29 is 22.4 Å². The first-order valence-electron chi connectivity index (χ1n) is 9.39. The first-order chi connectivity index (χ1) is 14.0. The Morgan fingerprint density at radius 1 is 1.07 bits per heavy atom. The topological polar surface area (TPSA) is 70.1 Å². The highest BCUT2D eigenvalue weighted by molar-refractivity contribution is 5.80. The Labute approximate surface area is 172 Å². The number of nitrogens with zero attached hydrogens (tertiary/aromatic N) is 2. The van der Waals surface area contributed by atoms with E-state index >= 15 is 0 Å². The molecular weight excluding hydrogens is 398 g/mol. The van der Waals surface area contributed by atoms with Crippen LogP contribution in [0.25, 0.3) is 11.1 Å². The predicted octanol–water partition coefficient (Wildman–Crippen LogP) is 4.82. The zero-order valence-corrected chi connectivity index (χ0v) is 16.7. The molecule has 0 aliphatic rings. The van der Waals surface area contributed by atoms with Crippen molar-refractivity contribution in [3.05, 3.63) is 59.9 Å². The number of halogens is 4.